The summed E-state index contributed by atoms with van der Waals surface area (Å²) in [4.78, 5) is 53.6. The molecule has 180 valence electrons. The van der Waals surface area contributed by atoms with E-state index in [0.29, 0.717) is 11.3 Å². The summed E-state index contributed by atoms with van der Waals surface area (Å²) in [6, 6.07) is 14.8. The average Bonchev–Trinajstić information content (AvgIpc) is 3.52. The molecule has 5 atom stereocenters. The summed E-state index contributed by atoms with van der Waals surface area (Å²) in [6.07, 6.45) is 4.91. The molecule has 1 aliphatic heterocycles. The number of anilines is 1. The van der Waals surface area contributed by atoms with Crippen molar-refractivity contribution in [1.82, 2.24) is 4.90 Å². The van der Waals surface area contributed by atoms with Gasteiger partial charge >= 0.3 is 5.97 Å². The van der Waals surface area contributed by atoms with Gasteiger partial charge in [-0.1, -0.05) is 42.5 Å². The summed E-state index contributed by atoms with van der Waals surface area (Å²) in [7, 11) is 0. The van der Waals surface area contributed by atoms with E-state index in [1.54, 1.807) is 38.1 Å². The first-order chi connectivity index (χ1) is 16.8. The Balaban J connectivity index is 1.38. The maximum absolute atomic E-state index is 13.5. The van der Waals surface area contributed by atoms with Crippen LogP contribution in [-0.2, 0) is 25.5 Å². The van der Waals surface area contributed by atoms with E-state index >= 15 is 0 Å². The number of carbonyl (C=O) groups excluding carboxylic acids is 4. The molecule has 0 aromatic heterocycles. The Morgan fingerprint density at radius 2 is 1.54 bits per heavy atom. The van der Waals surface area contributed by atoms with Crippen LogP contribution in [0.1, 0.15) is 36.2 Å². The lowest BCUT2D eigenvalue weighted by Gasteiger charge is -2.27. The average molecular weight is 473 g/mol. The predicted octanol–water partition coefficient (Wildman–Crippen LogP) is 3.61. The number of carbonyl (C=O) groups is 4. The van der Waals surface area contributed by atoms with Crippen LogP contribution in [-0.4, -0.2) is 40.7 Å². The number of rotatable bonds is 7. The van der Waals surface area contributed by atoms with Crippen molar-refractivity contribution in [2.24, 2.45) is 23.7 Å². The van der Waals surface area contributed by atoms with Crippen LogP contribution in [0.3, 0.4) is 0 Å². The summed E-state index contributed by atoms with van der Waals surface area (Å²) in [5.74, 6) is -1.96. The first-order valence-corrected chi connectivity index (χ1v) is 12.0. The highest BCUT2D eigenvalue weighted by atomic mass is 16.5. The molecule has 2 aromatic rings. The topological polar surface area (TPSA) is 92.8 Å². The first-order valence-electron chi connectivity index (χ1n) is 12.0. The van der Waals surface area contributed by atoms with Gasteiger partial charge in [-0.25, -0.2) is 4.79 Å². The molecular formula is C28H28N2O5. The summed E-state index contributed by atoms with van der Waals surface area (Å²) in [5.41, 5.74) is 1.70. The van der Waals surface area contributed by atoms with E-state index in [4.69, 9.17) is 4.74 Å². The zero-order valence-electron chi connectivity index (χ0n) is 19.7. The van der Waals surface area contributed by atoms with E-state index < -0.39 is 17.9 Å². The molecule has 3 aliphatic rings. The number of hydrogen-bond donors (Lipinski definition) is 1. The molecule has 0 spiro atoms. The number of nitrogens with one attached hydrogen (secondary N) is 1. The minimum absolute atomic E-state index is 0.0741. The van der Waals surface area contributed by atoms with Crippen molar-refractivity contribution in [3.8, 4) is 0 Å². The number of likely N-dealkylation sites (tertiary alicyclic amines) is 1. The number of hydrogen-bond acceptors (Lipinski definition) is 5. The molecule has 1 saturated carbocycles. The van der Waals surface area contributed by atoms with Crippen LogP contribution in [0.2, 0.25) is 0 Å². The van der Waals surface area contributed by atoms with Crippen LogP contribution >= 0.6 is 0 Å². The van der Waals surface area contributed by atoms with E-state index in [1.165, 1.54) is 4.90 Å². The smallest absolute Gasteiger partial charge is 0.338 e. The van der Waals surface area contributed by atoms with E-state index in [-0.39, 0.29) is 48.0 Å². The number of allylic oxidation sites excluding steroid dienone is 2. The van der Waals surface area contributed by atoms with Gasteiger partial charge in [-0.15, -0.1) is 0 Å². The normalized spacial score (nSPS) is 25.2. The maximum Gasteiger partial charge on any atom is 0.338 e. The third-order valence-electron chi connectivity index (χ3n) is 7.12. The molecular weight excluding hydrogens is 444 g/mol. The van der Waals surface area contributed by atoms with Crippen molar-refractivity contribution in [1.29, 1.82) is 0 Å². The van der Waals surface area contributed by atoms with Crippen LogP contribution in [0.25, 0.3) is 0 Å². The largest absolute Gasteiger partial charge is 0.459 e. The molecule has 3 amide bonds. The van der Waals surface area contributed by atoms with Crippen molar-refractivity contribution < 1.29 is 23.9 Å². The molecule has 2 bridgehead atoms. The van der Waals surface area contributed by atoms with Gasteiger partial charge in [0.15, 0.2) is 0 Å². The van der Waals surface area contributed by atoms with Gasteiger partial charge in [-0.2, -0.15) is 0 Å². The third kappa shape index (κ3) is 4.27. The number of nitrogens with zero attached hydrogens (tertiary/aromatic N) is 1. The van der Waals surface area contributed by atoms with E-state index in [0.717, 1.165) is 12.0 Å². The van der Waals surface area contributed by atoms with Gasteiger partial charge in [0.05, 0.1) is 23.5 Å². The fourth-order valence-corrected chi connectivity index (χ4v) is 5.57. The second-order valence-corrected chi connectivity index (χ2v) is 9.77. The van der Waals surface area contributed by atoms with Crippen molar-refractivity contribution in [3.63, 3.8) is 0 Å². The highest BCUT2D eigenvalue weighted by Gasteiger charge is 2.61. The van der Waals surface area contributed by atoms with Crippen LogP contribution in [0.4, 0.5) is 5.69 Å². The quantitative estimate of drug-likeness (QED) is 0.378. The Labute approximate surface area is 204 Å². The number of imide groups is 1. The van der Waals surface area contributed by atoms with Crippen molar-refractivity contribution >= 4 is 29.4 Å². The van der Waals surface area contributed by atoms with E-state index in [2.05, 4.69) is 5.32 Å². The lowest BCUT2D eigenvalue weighted by atomic mass is 9.85. The highest BCUT2D eigenvalue weighted by Crippen LogP contribution is 2.53. The Hall–Kier alpha value is -3.74. The number of esters is 1. The maximum atomic E-state index is 13.5. The zero-order valence-corrected chi connectivity index (χ0v) is 19.7. The summed E-state index contributed by atoms with van der Waals surface area (Å²) in [6.45, 7) is 3.55. The lowest BCUT2D eigenvalue weighted by Crippen LogP contribution is -2.49. The number of benzene rings is 2. The van der Waals surface area contributed by atoms with Gasteiger partial charge < -0.3 is 10.1 Å². The zero-order chi connectivity index (χ0) is 24.7. The molecule has 5 rings (SSSR count). The number of ether oxygens (including phenoxy) is 1. The fourth-order valence-electron chi connectivity index (χ4n) is 5.57. The third-order valence-corrected chi connectivity index (χ3v) is 7.12. The van der Waals surface area contributed by atoms with E-state index in [1.807, 2.05) is 42.5 Å². The molecule has 1 N–H and O–H groups in total. The SMILES string of the molecule is CC(C)OC(=O)c1ccc(NC(=O)[C@H](Cc2ccccc2)N2C(=O)[C@H]3[C@H](C2=O)[C@H]2C=C[C@H]3C2)cc1. The van der Waals surface area contributed by atoms with Gasteiger partial charge in [-0.05, 0) is 61.9 Å². The fraction of sp³-hybridized carbons (Fsp3) is 0.357. The van der Waals surface area contributed by atoms with Gasteiger partial charge in [0.1, 0.15) is 6.04 Å². The molecule has 2 aliphatic carbocycles. The van der Waals surface area contributed by atoms with Gasteiger partial charge in [0, 0.05) is 12.1 Å². The molecule has 0 unspecified atom stereocenters. The van der Waals surface area contributed by atoms with Crippen LogP contribution in [0.15, 0.2) is 66.7 Å². The molecule has 35 heavy (non-hydrogen) atoms. The monoisotopic (exact) mass is 472 g/mol. The Morgan fingerprint density at radius 3 is 2.11 bits per heavy atom. The molecule has 7 nitrogen and oxygen atoms in total. The number of fused-ring (bicyclic) bond motifs is 5. The van der Waals surface area contributed by atoms with Gasteiger partial charge in [0.25, 0.3) is 0 Å². The lowest BCUT2D eigenvalue weighted by molar-refractivity contribution is -0.147. The van der Waals surface area contributed by atoms with Crippen LogP contribution in [0.5, 0.6) is 0 Å². The van der Waals surface area contributed by atoms with Crippen molar-refractivity contribution in [3.05, 3.63) is 77.9 Å². The summed E-state index contributed by atoms with van der Waals surface area (Å²) >= 11 is 0. The van der Waals surface area contributed by atoms with E-state index in [9.17, 15) is 19.2 Å². The second-order valence-electron chi connectivity index (χ2n) is 9.77. The van der Waals surface area contributed by atoms with Crippen molar-refractivity contribution in [2.75, 3.05) is 5.32 Å². The Kier molecular flexibility index (Phi) is 6.01. The molecule has 2 fully saturated rings. The molecule has 0 radical (unpaired) electrons. The highest BCUT2D eigenvalue weighted by molar-refractivity contribution is 6.11. The van der Waals surface area contributed by atoms with Crippen molar-refractivity contribution in [2.45, 2.75) is 38.8 Å². The first kappa shape index (κ1) is 23.0. The molecule has 1 heterocycles. The van der Waals surface area contributed by atoms with Crippen LogP contribution < -0.4 is 5.32 Å². The Morgan fingerprint density at radius 1 is 0.943 bits per heavy atom. The second kappa shape index (κ2) is 9.13. The minimum atomic E-state index is -0.965. The van der Waals surface area contributed by atoms with Gasteiger partial charge in [-0.3, -0.25) is 19.3 Å². The van der Waals surface area contributed by atoms with Crippen LogP contribution in [0, 0.1) is 23.7 Å². The minimum Gasteiger partial charge on any atom is -0.459 e. The Bertz CT molecular complexity index is 1160. The standard InChI is InChI=1S/C28H28N2O5/c1-16(2)35-28(34)18-10-12-21(13-11-18)29-25(31)22(14-17-6-4-3-5-7-17)30-26(32)23-19-8-9-20(15-19)24(23)27(30)33/h3-13,16,19-20,22-24H,14-15H2,1-2H3,(H,29,31)/t19-,20-,22-,23+,24+/m0/s1. The molecule has 2 aromatic carbocycles. The summed E-state index contributed by atoms with van der Waals surface area (Å²) in [5, 5.41) is 2.84. The molecule has 1 saturated heterocycles. The van der Waals surface area contributed by atoms with Gasteiger partial charge in [0.2, 0.25) is 17.7 Å². The number of amides is 3. The predicted molar refractivity (Wildman–Crippen MR) is 129 cm³/mol. The molecule has 7 heteroatoms. The summed E-state index contributed by atoms with van der Waals surface area (Å²) < 4.78 is 5.20.